The third-order valence-corrected chi connectivity index (χ3v) is 12.7. The number of para-hydroxylation sites is 2. The van der Waals surface area contributed by atoms with Crippen LogP contribution in [0.2, 0.25) is 0 Å². The number of ether oxygens (including phenoxy) is 4. The fourth-order valence-corrected chi connectivity index (χ4v) is 8.98. The first kappa shape index (κ1) is 49.5. The van der Waals surface area contributed by atoms with Gasteiger partial charge in [-0.2, -0.15) is 0 Å². The van der Waals surface area contributed by atoms with Crippen molar-refractivity contribution in [1.29, 1.82) is 0 Å². The van der Waals surface area contributed by atoms with Crippen LogP contribution >= 0.6 is 0 Å². The van der Waals surface area contributed by atoms with E-state index >= 15 is 0 Å². The van der Waals surface area contributed by atoms with Crippen LogP contribution in [0.3, 0.4) is 0 Å². The Hall–Kier alpha value is -6.42. The molecule has 2 heterocycles. The van der Waals surface area contributed by atoms with Crippen molar-refractivity contribution in [3.8, 4) is 45.9 Å². The first-order valence-corrected chi connectivity index (χ1v) is 25.3. The quantitative estimate of drug-likeness (QED) is 0.0410. The van der Waals surface area contributed by atoms with E-state index in [1.165, 1.54) is 103 Å². The van der Waals surface area contributed by atoms with Crippen molar-refractivity contribution in [2.75, 3.05) is 13.2 Å². The molecular formula is C58H68N2O8. The highest BCUT2D eigenvalue weighted by Crippen LogP contribution is 2.42. The standard InChI is InChI=1S/C58H68N2O8/c1-3-5-7-9-11-13-15-17-19-27-41-65-45-33-37-47(38-34-45)67-53-49-51(57(63)59(55(49)61)43-29-23-21-24-30-43)54(52-50(53)56(62)60(58(52)64)44-31-25-22-26-32-44)68-48-39-35-46(36-40-48)66-42-28-20-18-16-14-12-10-8-6-4-2/h21-26,29-40H,3-20,27-28,41-42H2,1-2H3. The molecule has 0 spiro atoms. The summed E-state index contributed by atoms with van der Waals surface area (Å²) >= 11 is 0. The molecule has 0 amide bonds. The summed E-state index contributed by atoms with van der Waals surface area (Å²) in [5.74, 6) is 1.44. The summed E-state index contributed by atoms with van der Waals surface area (Å²) in [7, 11) is 0. The molecule has 0 aliphatic carbocycles. The molecule has 7 rings (SSSR count). The van der Waals surface area contributed by atoms with Gasteiger partial charge in [-0.3, -0.25) is 19.2 Å². The Labute approximate surface area is 400 Å². The van der Waals surface area contributed by atoms with Crippen LogP contribution in [-0.4, -0.2) is 22.3 Å². The first-order valence-electron chi connectivity index (χ1n) is 25.3. The van der Waals surface area contributed by atoms with Gasteiger partial charge in [0.1, 0.15) is 44.5 Å². The summed E-state index contributed by atoms with van der Waals surface area (Å²) in [5.41, 5.74) is -2.25. The zero-order valence-electron chi connectivity index (χ0n) is 40.1. The summed E-state index contributed by atoms with van der Waals surface area (Å²) in [4.78, 5) is 58.9. The molecule has 10 nitrogen and oxygen atoms in total. The molecule has 0 fully saturated rings. The van der Waals surface area contributed by atoms with Crippen LogP contribution in [0.5, 0.6) is 34.5 Å². The highest BCUT2D eigenvalue weighted by Gasteiger charge is 2.32. The minimum Gasteiger partial charge on any atom is -0.494 e. The number of rotatable bonds is 30. The van der Waals surface area contributed by atoms with E-state index in [-0.39, 0.29) is 44.5 Å². The maximum atomic E-state index is 14.7. The largest absolute Gasteiger partial charge is 0.494 e. The Balaban J connectivity index is 1.16. The van der Waals surface area contributed by atoms with E-state index in [0.717, 1.165) is 34.8 Å². The second-order valence-corrected chi connectivity index (χ2v) is 17.9. The van der Waals surface area contributed by atoms with Gasteiger partial charge < -0.3 is 18.9 Å². The Morgan fingerprint density at radius 1 is 0.324 bits per heavy atom. The Morgan fingerprint density at radius 2 is 0.588 bits per heavy atom. The second kappa shape index (κ2) is 25.6. The summed E-state index contributed by atoms with van der Waals surface area (Å²) in [6.45, 7) is 5.64. The van der Waals surface area contributed by atoms with E-state index in [1.54, 1.807) is 109 Å². The summed E-state index contributed by atoms with van der Waals surface area (Å²) in [6, 6.07) is 30.8. The van der Waals surface area contributed by atoms with E-state index in [0.29, 0.717) is 36.1 Å². The highest BCUT2D eigenvalue weighted by atomic mass is 16.5. The van der Waals surface area contributed by atoms with Crippen LogP contribution in [0, 0.1) is 0 Å². The van der Waals surface area contributed by atoms with E-state index in [2.05, 4.69) is 13.8 Å². The number of hydrogen-bond donors (Lipinski definition) is 0. The van der Waals surface area contributed by atoms with Gasteiger partial charge in [-0.1, -0.05) is 166 Å². The SMILES string of the molecule is CCCCCCCCCCCCOc1ccc(Oc2c3c(=O)n(-c4ccccc4)c(=O)c3c(Oc3ccc(OCCCCCCCCCCCC)cc3)c3c(=O)n(-c4ccccc4)c(=O)c23)cc1. The van der Waals surface area contributed by atoms with Gasteiger partial charge in [0.15, 0.2) is 11.5 Å². The molecule has 0 bridgehead atoms. The molecule has 0 aliphatic rings. The van der Waals surface area contributed by atoms with Crippen LogP contribution in [0.25, 0.3) is 32.9 Å². The molecule has 0 radical (unpaired) electrons. The van der Waals surface area contributed by atoms with Crippen LogP contribution < -0.4 is 41.2 Å². The lowest BCUT2D eigenvalue weighted by molar-refractivity contribution is 0.303. The summed E-state index contributed by atoms with van der Waals surface area (Å²) in [5, 5.41) is -0.717. The van der Waals surface area contributed by atoms with Crippen molar-refractivity contribution in [2.45, 2.75) is 142 Å². The van der Waals surface area contributed by atoms with Gasteiger partial charge in [0.25, 0.3) is 22.2 Å². The van der Waals surface area contributed by atoms with Crippen LogP contribution in [0.1, 0.15) is 142 Å². The van der Waals surface area contributed by atoms with Crippen molar-refractivity contribution < 1.29 is 18.9 Å². The maximum Gasteiger partial charge on any atom is 0.270 e. The smallest absolute Gasteiger partial charge is 0.270 e. The van der Waals surface area contributed by atoms with Gasteiger partial charge in [0, 0.05) is 0 Å². The molecule has 10 heteroatoms. The lowest BCUT2D eigenvalue weighted by Crippen LogP contribution is -2.24. The zero-order chi connectivity index (χ0) is 47.5. The fourth-order valence-electron chi connectivity index (χ4n) is 8.98. The first-order chi connectivity index (χ1) is 33.4. The summed E-state index contributed by atoms with van der Waals surface area (Å²) < 4.78 is 27.2. The molecule has 0 N–H and O–H groups in total. The van der Waals surface area contributed by atoms with Crippen LogP contribution in [0.4, 0.5) is 0 Å². The van der Waals surface area contributed by atoms with Gasteiger partial charge in [-0.05, 0) is 85.6 Å². The minimum atomic E-state index is -0.718. The number of aromatic nitrogens is 2. The van der Waals surface area contributed by atoms with Crippen molar-refractivity contribution >= 4 is 21.5 Å². The van der Waals surface area contributed by atoms with E-state index < -0.39 is 22.2 Å². The highest BCUT2D eigenvalue weighted by molar-refractivity contribution is 6.11. The van der Waals surface area contributed by atoms with Crippen molar-refractivity contribution in [1.82, 2.24) is 9.13 Å². The number of nitrogens with zero attached hydrogens (tertiary/aromatic N) is 2. The minimum absolute atomic E-state index is 0.179. The third kappa shape index (κ3) is 12.6. The molecule has 358 valence electrons. The van der Waals surface area contributed by atoms with Gasteiger partial charge in [0.2, 0.25) is 0 Å². The number of benzene rings is 5. The number of hydrogen-bond acceptors (Lipinski definition) is 8. The molecule has 2 aromatic heterocycles. The molecule has 0 atom stereocenters. The van der Waals surface area contributed by atoms with Gasteiger partial charge in [-0.25, -0.2) is 9.13 Å². The predicted molar refractivity (Wildman–Crippen MR) is 275 cm³/mol. The maximum absolute atomic E-state index is 14.7. The fraction of sp³-hybridized carbons (Fsp3) is 0.414. The van der Waals surface area contributed by atoms with Crippen LogP contribution in [-0.2, 0) is 0 Å². The molecule has 0 aliphatic heterocycles. The zero-order valence-corrected chi connectivity index (χ0v) is 40.1. The molecule has 0 unspecified atom stereocenters. The molecule has 5 aromatic carbocycles. The summed E-state index contributed by atoms with van der Waals surface area (Å²) in [6.07, 6.45) is 24.7. The van der Waals surface area contributed by atoms with Gasteiger partial charge in [-0.15, -0.1) is 0 Å². The van der Waals surface area contributed by atoms with E-state index in [1.807, 2.05) is 0 Å². The molecule has 68 heavy (non-hydrogen) atoms. The Kier molecular flexibility index (Phi) is 18.7. The van der Waals surface area contributed by atoms with Gasteiger partial charge >= 0.3 is 0 Å². The average Bonchev–Trinajstić information content (AvgIpc) is 3.79. The molecule has 7 aromatic rings. The number of unbranched alkanes of at least 4 members (excludes halogenated alkanes) is 18. The van der Waals surface area contributed by atoms with Crippen molar-refractivity contribution in [3.63, 3.8) is 0 Å². The normalized spacial score (nSPS) is 11.4. The lowest BCUT2D eigenvalue weighted by Gasteiger charge is -2.13. The Bertz CT molecular complexity index is 2560. The topological polar surface area (TPSA) is 115 Å². The van der Waals surface area contributed by atoms with Gasteiger partial charge in [0.05, 0.1) is 24.6 Å². The molecule has 0 saturated heterocycles. The second-order valence-electron chi connectivity index (χ2n) is 17.9. The van der Waals surface area contributed by atoms with Crippen molar-refractivity contribution in [2.24, 2.45) is 0 Å². The Morgan fingerprint density at radius 3 is 0.882 bits per heavy atom. The lowest BCUT2D eigenvalue weighted by atomic mass is 10.1. The van der Waals surface area contributed by atoms with E-state index in [4.69, 9.17) is 18.9 Å². The van der Waals surface area contributed by atoms with E-state index in [9.17, 15) is 19.2 Å². The van der Waals surface area contributed by atoms with Crippen molar-refractivity contribution in [3.05, 3.63) is 151 Å². The molecular weight excluding hydrogens is 853 g/mol. The monoisotopic (exact) mass is 920 g/mol. The third-order valence-electron chi connectivity index (χ3n) is 12.7. The number of fused-ring (bicyclic) bond motifs is 2. The van der Waals surface area contributed by atoms with Crippen LogP contribution in [0.15, 0.2) is 128 Å². The molecule has 0 saturated carbocycles. The predicted octanol–water partition coefficient (Wildman–Crippen LogP) is 14.1. The average molecular weight is 921 g/mol.